The molecule has 2 aliphatic heterocycles. The van der Waals surface area contributed by atoms with Crippen LogP contribution in [0.1, 0.15) is 24.0 Å². The fraction of sp³-hybridized carbons (Fsp3) is 0.400. The summed E-state index contributed by atoms with van der Waals surface area (Å²) >= 11 is 0. The number of ether oxygens (including phenoxy) is 1. The average Bonchev–Trinajstić information content (AvgIpc) is 2.99. The van der Waals surface area contributed by atoms with E-state index in [0.717, 1.165) is 21.4 Å². The van der Waals surface area contributed by atoms with E-state index in [4.69, 9.17) is 14.7 Å². The van der Waals surface area contributed by atoms with Crippen LogP contribution >= 0.6 is 0 Å². The molecule has 0 spiro atoms. The number of rotatable bonds is 6. The van der Waals surface area contributed by atoms with Crippen molar-refractivity contribution in [3.05, 3.63) is 53.6 Å². The second-order valence-electron chi connectivity index (χ2n) is 9.29. The highest BCUT2D eigenvalue weighted by Crippen LogP contribution is 2.34. The van der Waals surface area contributed by atoms with Gasteiger partial charge in [0.15, 0.2) is 0 Å². The van der Waals surface area contributed by atoms with Crippen molar-refractivity contribution in [3.63, 3.8) is 0 Å². The largest absolute Gasteiger partial charge is 0.449 e. The van der Waals surface area contributed by atoms with Crippen LogP contribution in [0, 0.1) is 6.92 Å². The van der Waals surface area contributed by atoms with Gasteiger partial charge in [0.1, 0.15) is 5.82 Å². The van der Waals surface area contributed by atoms with E-state index in [1.807, 2.05) is 54.3 Å². The lowest BCUT2D eigenvalue weighted by atomic mass is 9.90. The quantitative estimate of drug-likeness (QED) is 0.525. The fourth-order valence-electron chi connectivity index (χ4n) is 4.45. The molecule has 0 radical (unpaired) electrons. The number of fused-ring (bicyclic) bond motifs is 2. The van der Waals surface area contributed by atoms with Crippen LogP contribution in [0.25, 0.3) is 10.9 Å². The van der Waals surface area contributed by atoms with Gasteiger partial charge in [-0.25, -0.2) is 4.98 Å². The van der Waals surface area contributed by atoms with Gasteiger partial charge in [-0.2, -0.15) is 18.2 Å². The molecule has 5 rings (SSSR count). The minimum Gasteiger partial charge on any atom is -0.376 e. The molecule has 0 saturated carbocycles. The Hall–Kier alpha value is -3.05. The van der Waals surface area contributed by atoms with E-state index in [1.54, 1.807) is 0 Å². The first-order valence-electron chi connectivity index (χ1n) is 11.6. The molecule has 1 atom stereocenters. The third-order valence-electron chi connectivity index (χ3n) is 6.54. The molecule has 2 aromatic carbocycles. The monoisotopic (exact) mass is 518 g/mol. The summed E-state index contributed by atoms with van der Waals surface area (Å²) < 4.78 is 56.5. The maximum absolute atomic E-state index is 12.8. The number of hydrogen-bond donors (Lipinski definition) is 1. The number of hydrogen-bond acceptors (Lipinski definition) is 7. The van der Waals surface area contributed by atoms with Gasteiger partial charge in [-0.05, 0) is 37.1 Å². The van der Waals surface area contributed by atoms with Gasteiger partial charge in [-0.15, -0.1) is 0 Å². The molecular weight excluding hydrogens is 493 g/mol. The lowest BCUT2D eigenvalue weighted by molar-refractivity contribution is -0.172. The van der Waals surface area contributed by atoms with Gasteiger partial charge in [-0.1, -0.05) is 29.8 Å². The lowest BCUT2D eigenvalue weighted by Crippen LogP contribution is -2.56. The van der Waals surface area contributed by atoms with Crippen molar-refractivity contribution in [2.75, 3.05) is 35.7 Å². The van der Waals surface area contributed by atoms with Crippen LogP contribution in [-0.4, -0.2) is 57.2 Å². The second kappa shape index (κ2) is 9.44. The topological polar surface area (TPSA) is 84.4 Å². The number of nitrogens with zero attached hydrogens (tertiary/aromatic N) is 3. The number of Topliss-reactive ketones (excluding diaryl/α,β-unsaturated/α-hetero) is 1. The number of carbonyl (C=O) groups is 1. The summed E-state index contributed by atoms with van der Waals surface area (Å²) in [5.41, 5.74) is 1.75. The highest BCUT2D eigenvalue weighted by Gasteiger charge is 2.44. The Morgan fingerprint density at radius 1 is 1.19 bits per heavy atom. The minimum absolute atomic E-state index is 0.0337. The van der Waals surface area contributed by atoms with Gasteiger partial charge in [0, 0.05) is 35.5 Å². The third kappa shape index (κ3) is 4.94. The van der Waals surface area contributed by atoms with E-state index >= 15 is 0 Å². The number of aryl methyl sites for hydroxylation is 1. The van der Waals surface area contributed by atoms with E-state index in [0.29, 0.717) is 36.1 Å². The van der Waals surface area contributed by atoms with Gasteiger partial charge in [0.25, 0.3) is 0 Å². The van der Waals surface area contributed by atoms with E-state index in [9.17, 15) is 22.2 Å². The molecule has 3 heterocycles. The zero-order valence-corrected chi connectivity index (χ0v) is 20.4. The first-order valence-corrected chi connectivity index (χ1v) is 12.9. The smallest absolute Gasteiger partial charge is 0.376 e. The summed E-state index contributed by atoms with van der Waals surface area (Å²) in [4.78, 5) is 23.8. The summed E-state index contributed by atoms with van der Waals surface area (Å²) in [6.07, 6.45) is -5.53. The van der Waals surface area contributed by atoms with E-state index in [1.165, 1.54) is 0 Å². The number of benzene rings is 2. The Balaban J connectivity index is 1.49. The molecule has 3 aromatic rings. The van der Waals surface area contributed by atoms with E-state index in [-0.39, 0.29) is 19.6 Å². The standard InChI is InChI=1S/C25H25F3N4O3S/c1-16-6-7-19-18(12-16)22(31-24(14-35-15-24)9-8-21(33)25(26,27)28)30-23(29-19)32-10-11-36(34)20-5-3-2-4-17(20)13-32/h2-7,12H,8-11,13-15H2,1H3,(H,29,30,31). The van der Waals surface area contributed by atoms with Crippen LogP contribution in [0.5, 0.6) is 0 Å². The number of alkyl halides is 3. The summed E-state index contributed by atoms with van der Waals surface area (Å²) in [5.74, 6) is -0.424. The van der Waals surface area contributed by atoms with Crippen LogP contribution in [0.3, 0.4) is 0 Å². The number of ketones is 1. The van der Waals surface area contributed by atoms with Crippen LogP contribution in [-0.2, 0) is 26.9 Å². The molecule has 0 amide bonds. The van der Waals surface area contributed by atoms with Gasteiger partial charge in [-0.3, -0.25) is 9.00 Å². The highest BCUT2D eigenvalue weighted by atomic mass is 32.2. The van der Waals surface area contributed by atoms with Crippen molar-refractivity contribution in [1.82, 2.24) is 9.97 Å². The van der Waals surface area contributed by atoms with Crippen LogP contribution in [0.15, 0.2) is 47.4 Å². The maximum Gasteiger partial charge on any atom is 0.449 e. The van der Waals surface area contributed by atoms with Crippen molar-refractivity contribution in [2.24, 2.45) is 0 Å². The van der Waals surface area contributed by atoms with Crippen LogP contribution in [0.4, 0.5) is 24.9 Å². The van der Waals surface area contributed by atoms with Crippen molar-refractivity contribution in [3.8, 4) is 0 Å². The molecule has 1 fully saturated rings. The number of aromatic nitrogens is 2. The molecule has 7 nitrogen and oxygen atoms in total. The van der Waals surface area contributed by atoms with Crippen molar-refractivity contribution in [2.45, 2.75) is 42.9 Å². The van der Waals surface area contributed by atoms with Gasteiger partial charge in [0.2, 0.25) is 11.7 Å². The van der Waals surface area contributed by atoms with Gasteiger partial charge in [0.05, 0.1) is 35.1 Å². The first-order chi connectivity index (χ1) is 17.1. The molecule has 1 unspecified atom stereocenters. The zero-order chi connectivity index (χ0) is 25.5. The van der Waals surface area contributed by atoms with Crippen LogP contribution in [0.2, 0.25) is 0 Å². The molecule has 0 aliphatic carbocycles. The number of halogens is 3. The van der Waals surface area contributed by atoms with E-state index < -0.39 is 34.7 Å². The molecule has 36 heavy (non-hydrogen) atoms. The first kappa shape index (κ1) is 24.6. The van der Waals surface area contributed by atoms with Gasteiger partial charge < -0.3 is 15.0 Å². The Bertz CT molecular complexity index is 1340. The fourth-order valence-corrected chi connectivity index (χ4v) is 5.72. The summed E-state index contributed by atoms with van der Waals surface area (Å²) in [5, 5.41) is 4.04. The minimum atomic E-state index is -4.86. The van der Waals surface area contributed by atoms with E-state index in [2.05, 4.69) is 5.32 Å². The average molecular weight is 519 g/mol. The molecule has 190 valence electrons. The third-order valence-corrected chi connectivity index (χ3v) is 7.98. The molecule has 1 N–H and O–H groups in total. The van der Waals surface area contributed by atoms with Crippen molar-refractivity contribution in [1.29, 1.82) is 0 Å². The second-order valence-corrected chi connectivity index (χ2v) is 10.8. The zero-order valence-electron chi connectivity index (χ0n) is 19.6. The predicted octanol–water partition coefficient (Wildman–Crippen LogP) is 4.16. The lowest BCUT2D eigenvalue weighted by Gasteiger charge is -2.42. The Morgan fingerprint density at radius 2 is 1.97 bits per heavy atom. The molecule has 11 heteroatoms. The van der Waals surface area contributed by atoms with Crippen molar-refractivity contribution >= 4 is 39.3 Å². The van der Waals surface area contributed by atoms with Crippen molar-refractivity contribution < 1.29 is 26.9 Å². The molecular formula is C25H25F3N4O3S. The molecule has 2 aliphatic rings. The molecule has 1 aromatic heterocycles. The van der Waals surface area contributed by atoms with Gasteiger partial charge >= 0.3 is 6.18 Å². The Morgan fingerprint density at radius 3 is 2.69 bits per heavy atom. The normalized spacial score (nSPS) is 19.3. The Kier molecular flexibility index (Phi) is 6.46. The van der Waals surface area contributed by atoms with Crippen LogP contribution < -0.4 is 10.2 Å². The highest BCUT2D eigenvalue weighted by molar-refractivity contribution is 7.85. The Labute approximate surface area is 208 Å². The maximum atomic E-state index is 12.8. The SMILES string of the molecule is Cc1ccc2nc(N3CCS(=O)c4ccccc4C3)nc(NC3(CCC(=O)C(F)(F)F)COC3)c2c1. The number of carbonyl (C=O) groups excluding carboxylic acids is 1. The molecule has 1 saturated heterocycles. The molecule has 0 bridgehead atoms. The summed E-state index contributed by atoms with van der Waals surface area (Å²) in [6, 6.07) is 13.3. The number of nitrogens with one attached hydrogen (secondary N) is 1. The summed E-state index contributed by atoms with van der Waals surface area (Å²) in [6.45, 7) is 3.23. The predicted molar refractivity (Wildman–Crippen MR) is 131 cm³/mol. The summed E-state index contributed by atoms with van der Waals surface area (Å²) in [7, 11) is -1.14. The number of anilines is 2.